The van der Waals surface area contributed by atoms with Gasteiger partial charge in [0.2, 0.25) is 0 Å². The first-order chi connectivity index (χ1) is 15.2. The van der Waals surface area contributed by atoms with Crippen molar-refractivity contribution in [2.24, 2.45) is 0 Å². The van der Waals surface area contributed by atoms with Crippen LogP contribution in [0, 0.1) is 5.82 Å². The molecule has 1 aromatic carbocycles. The summed E-state index contributed by atoms with van der Waals surface area (Å²) in [6.07, 6.45) is 1.60. The second kappa shape index (κ2) is 8.74. The Morgan fingerprint density at radius 1 is 1.03 bits per heavy atom. The molecule has 0 spiro atoms. The predicted octanol–water partition coefficient (Wildman–Crippen LogP) is 5.15. The monoisotopic (exact) mass is 443 g/mol. The van der Waals surface area contributed by atoms with Crippen molar-refractivity contribution in [1.82, 2.24) is 15.2 Å². The predicted molar refractivity (Wildman–Crippen MR) is 117 cm³/mol. The minimum absolute atomic E-state index is 0.0294. The molecule has 3 heterocycles. The lowest BCUT2D eigenvalue weighted by Gasteiger charge is -2.36. The topological polar surface area (TPSA) is 63.2 Å². The van der Waals surface area contributed by atoms with Crippen LogP contribution in [0.15, 0.2) is 48.7 Å². The van der Waals surface area contributed by atoms with Crippen molar-refractivity contribution < 1.29 is 17.9 Å². The van der Waals surface area contributed by atoms with E-state index in [4.69, 9.17) is 4.74 Å². The normalized spacial score (nSPS) is 19.1. The zero-order valence-electron chi connectivity index (χ0n) is 18.0. The smallest absolute Gasteiger partial charge is 0.270 e. The van der Waals surface area contributed by atoms with E-state index < -0.39 is 11.7 Å². The number of hydrogen-bond donors (Lipinski definition) is 1. The largest absolute Gasteiger partial charge is 0.372 e. The molecule has 0 aliphatic carbocycles. The van der Waals surface area contributed by atoms with E-state index in [-0.39, 0.29) is 23.6 Å². The van der Waals surface area contributed by atoms with Crippen molar-refractivity contribution in [1.29, 1.82) is 0 Å². The van der Waals surface area contributed by atoms with Crippen LogP contribution in [0.3, 0.4) is 0 Å². The molecule has 1 fully saturated rings. The van der Waals surface area contributed by atoms with Gasteiger partial charge >= 0.3 is 0 Å². The molecule has 4 rings (SSSR count). The minimum Gasteiger partial charge on any atom is -0.372 e. The van der Waals surface area contributed by atoms with Crippen molar-refractivity contribution >= 4 is 17.5 Å². The van der Waals surface area contributed by atoms with Crippen LogP contribution < -0.4 is 10.2 Å². The molecule has 0 radical (unpaired) electrons. The number of alkyl halides is 2. The van der Waals surface area contributed by atoms with Crippen LogP contribution in [0.1, 0.15) is 26.3 Å². The quantitative estimate of drug-likeness (QED) is 0.589. The van der Waals surface area contributed by atoms with Crippen LogP contribution in [-0.2, 0) is 10.7 Å². The number of benzene rings is 1. The highest BCUT2D eigenvalue weighted by Crippen LogP contribution is 2.30. The Kier molecular flexibility index (Phi) is 6.01. The third kappa shape index (κ3) is 4.99. The first-order valence-electron chi connectivity index (χ1n) is 10.3. The molecule has 6 nitrogen and oxygen atoms in total. The van der Waals surface area contributed by atoms with Crippen molar-refractivity contribution in [3.8, 4) is 11.1 Å². The van der Waals surface area contributed by atoms with Crippen LogP contribution in [-0.4, -0.2) is 40.5 Å². The van der Waals surface area contributed by atoms with Crippen LogP contribution in [0.5, 0.6) is 0 Å². The number of halogens is 3. The Morgan fingerprint density at radius 3 is 2.38 bits per heavy atom. The standard InChI is InChI=1S/C23H24F3N5O/c1-14-12-31(13-15(2)32-14)21-9-8-19(24)22(29-21)28-20-10-17(11-27-30-20)16-4-6-18(7-5-16)23(3,25)26/h4-11,14-15H,12-13H2,1-3H3,(H,28,29,30)/t14-,15+. The zero-order valence-corrected chi connectivity index (χ0v) is 18.0. The highest BCUT2D eigenvalue weighted by atomic mass is 19.3. The fourth-order valence-electron chi connectivity index (χ4n) is 3.72. The van der Waals surface area contributed by atoms with Gasteiger partial charge in [-0.3, -0.25) is 0 Å². The molecule has 0 unspecified atom stereocenters. The number of aromatic nitrogens is 3. The maximum absolute atomic E-state index is 14.5. The van der Waals surface area contributed by atoms with Crippen LogP contribution >= 0.6 is 0 Å². The molecule has 2 aromatic heterocycles. The van der Waals surface area contributed by atoms with E-state index in [1.54, 1.807) is 24.3 Å². The first-order valence-corrected chi connectivity index (χ1v) is 10.3. The summed E-state index contributed by atoms with van der Waals surface area (Å²) in [5.41, 5.74) is 1.27. The number of ether oxygens (including phenoxy) is 1. The molecule has 32 heavy (non-hydrogen) atoms. The number of morpholine rings is 1. The average Bonchev–Trinajstić information content (AvgIpc) is 2.74. The summed E-state index contributed by atoms with van der Waals surface area (Å²) in [7, 11) is 0. The van der Waals surface area contributed by atoms with Crippen molar-refractivity contribution in [2.75, 3.05) is 23.3 Å². The SMILES string of the molecule is C[C@@H]1CN(c2ccc(F)c(Nc3cc(-c4ccc(C(C)(F)F)cc4)cnn3)n2)C[C@H](C)O1. The number of rotatable bonds is 5. The molecule has 0 saturated carbocycles. The Morgan fingerprint density at radius 2 is 1.72 bits per heavy atom. The van der Waals surface area contributed by atoms with Gasteiger partial charge in [-0.25, -0.2) is 18.2 Å². The molecule has 3 aromatic rings. The average molecular weight is 443 g/mol. The van der Waals surface area contributed by atoms with Gasteiger partial charge in [0, 0.05) is 31.1 Å². The van der Waals surface area contributed by atoms with Crippen LogP contribution in [0.25, 0.3) is 11.1 Å². The van der Waals surface area contributed by atoms with Gasteiger partial charge in [-0.1, -0.05) is 24.3 Å². The number of nitrogens with one attached hydrogen (secondary N) is 1. The van der Waals surface area contributed by atoms with Crippen molar-refractivity contribution in [2.45, 2.75) is 38.9 Å². The lowest BCUT2D eigenvalue weighted by atomic mass is 10.0. The third-order valence-corrected chi connectivity index (χ3v) is 5.20. The molecule has 168 valence electrons. The Hall–Kier alpha value is -3.20. The molecule has 1 saturated heterocycles. The Balaban J connectivity index is 1.56. The molecule has 2 atom stereocenters. The van der Waals surface area contributed by atoms with E-state index in [1.807, 2.05) is 13.8 Å². The van der Waals surface area contributed by atoms with Gasteiger partial charge in [0.1, 0.15) is 5.82 Å². The number of anilines is 3. The Labute approximate surface area is 184 Å². The first kappa shape index (κ1) is 22.0. The molecular weight excluding hydrogens is 419 g/mol. The maximum Gasteiger partial charge on any atom is 0.270 e. The third-order valence-electron chi connectivity index (χ3n) is 5.20. The van der Waals surface area contributed by atoms with E-state index in [1.165, 1.54) is 24.4 Å². The Bertz CT molecular complexity index is 1080. The van der Waals surface area contributed by atoms with Crippen LogP contribution in [0.4, 0.5) is 30.6 Å². The molecule has 0 bridgehead atoms. The highest BCUT2D eigenvalue weighted by Gasteiger charge is 2.25. The second-order valence-electron chi connectivity index (χ2n) is 8.08. The van der Waals surface area contributed by atoms with E-state index in [0.717, 1.165) is 6.92 Å². The molecular formula is C23H24F3N5O. The number of nitrogens with zero attached hydrogens (tertiary/aromatic N) is 4. The van der Waals surface area contributed by atoms with E-state index in [2.05, 4.69) is 25.4 Å². The van der Waals surface area contributed by atoms with Gasteiger partial charge in [0.05, 0.1) is 18.4 Å². The van der Waals surface area contributed by atoms with Gasteiger partial charge in [-0.2, -0.15) is 5.10 Å². The van der Waals surface area contributed by atoms with Gasteiger partial charge in [0.25, 0.3) is 5.92 Å². The second-order valence-corrected chi connectivity index (χ2v) is 8.08. The number of pyridine rings is 1. The lowest BCUT2D eigenvalue weighted by molar-refractivity contribution is -0.00546. The molecule has 1 aliphatic rings. The van der Waals surface area contributed by atoms with Gasteiger partial charge in [0.15, 0.2) is 17.5 Å². The number of hydrogen-bond acceptors (Lipinski definition) is 6. The molecule has 9 heteroatoms. The molecule has 0 amide bonds. The molecule has 1 aliphatic heterocycles. The summed E-state index contributed by atoms with van der Waals surface area (Å²) >= 11 is 0. The fraction of sp³-hybridized carbons (Fsp3) is 0.348. The summed E-state index contributed by atoms with van der Waals surface area (Å²) < 4.78 is 47.1. The van der Waals surface area contributed by atoms with Crippen LogP contribution in [0.2, 0.25) is 0 Å². The van der Waals surface area contributed by atoms with E-state index in [9.17, 15) is 13.2 Å². The summed E-state index contributed by atoms with van der Waals surface area (Å²) in [5, 5.41) is 10.8. The lowest BCUT2D eigenvalue weighted by Crippen LogP contribution is -2.45. The summed E-state index contributed by atoms with van der Waals surface area (Å²) in [6, 6.07) is 10.6. The van der Waals surface area contributed by atoms with E-state index >= 15 is 0 Å². The zero-order chi connectivity index (χ0) is 22.9. The van der Waals surface area contributed by atoms with E-state index in [0.29, 0.717) is 35.9 Å². The summed E-state index contributed by atoms with van der Waals surface area (Å²) in [5.74, 6) is -2.48. The minimum atomic E-state index is -2.91. The molecule has 1 N–H and O–H groups in total. The fourth-order valence-corrected chi connectivity index (χ4v) is 3.72. The summed E-state index contributed by atoms with van der Waals surface area (Å²) in [4.78, 5) is 6.49. The van der Waals surface area contributed by atoms with Gasteiger partial charge < -0.3 is 15.0 Å². The van der Waals surface area contributed by atoms with Gasteiger partial charge in [-0.05, 0) is 37.6 Å². The van der Waals surface area contributed by atoms with Crippen molar-refractivity contribution in [3.63, 3.8) is 0 Å². The summed E-state index contributed by atoms with van der Waals surface area (Å²) in [6.45, 7) is 6.14. The van der Waals surface area contributed by atoms with Crippen molar-refractivity contribution in [3.05, 3.63) is 60.0 Å². The van der Waals surface area contributed by atoms with Gasteiger partial charge in [-0.15, -0.1) is 5.10 Å². The highest BCUT2D eigenvalue weighted by molar-refractivity contribution is 5.67. The maximum atomic E-state index is 14.5.